The van der Waals surface area contributed by atoms with Crippen LogP contribution < -0.4 is 4.74 Å². The molecule has 0 aliphatic heterocycles. The molecule has 0 saturated carbocycles. The van der Waals surface area contributed by atoms with Crippen molar-refractivity contribution in [2.24, 2.45) is 0 Å². The first-order valence-electron chi connectivity index (χ1n) is 8.84. The van der Waals surface area contributed by atoms with Gasteiger partial charge in [-0.2, -0.15) is 5.10 Å². The number of para-hydroxylation sites is 1. The highest BCUT2D eigenvalue weighted by Gasteiger charge is 2.31. The van der Waals surface area contributed by atoms with E-state index in [9.17, 15) is 13.2 Å². The van der Waals surface area contributed by atoms with Crippen molar-refractivity contribution in [3.05, 3.63) is 72.2 Å². The fourth-order valence-electron chi connectivity index (χ4n) is 3.28. The van der Waals surface area contributed by atoms with Crippen molar-refractivity contribution in [1.29, 1.82) is 0 Å². The number of fused-ring (bicyclic) bond motifs is 1. The van der Waals surface area contributed by atoms with Gasteiger partial charge in [-0.15, -0.1) is 13.2 Å². The Balaban J connectivity index is 1.59. The molecule has 0 aliphatic carbocycles. The SMILES string of the molecule is Cc1ccnn1CCc1cc2cccc(-c3ccc(OC(F)(F)F)cc3)c2[nH]1. The molecule has 7 heteroatoms. The molecule has 1 N–H and O–H groups in total. The largest absolute Gasteiger partial charge is 0.573 e. The normalized spacial score (nSPS) is 11.9. The summed E-state index contributed by atoms with van der Waals surface area (Å²) in [5.74, 6) is -0.231. The monoisotopic (exact) mass is 385 g/mol. The van der Waals surface area contributed by atoms with E-state index in [0.29, 0.717) is 0 Å². The van der Waals surface area contributed by atoms with Gasteiger partial charge in [0, 0.05) is 41.5 Å². The molecule has 4 nitrogen and oxygen atoms in total. The van der Waals surface area contributed by atoms with Gasteiger partial charge in [0.2, 0.25) is 0 Å². The summed E-state index contributed by atoms with van der Waals surface area (Å²) in [6.07, 6.45) is -2.11. The smallest absolute Gasteiger partial charge is 0.406 e. The quantitative estimate of drug-likeness (QED) is 0.494. The topological polar surface area (TPSA) is 42.8 Å². The molecule has 2 heterocycles. The molecule has 0 bridgehead atoms. The highest BCUT2D eigenvalue weighted by Crippen LogP contribution is 2.31. The van der Waals surface area contributed by atoms with Crippen LogP contribution in [0.4, 0.5) is 13.2 Å². The fraction of sp³-hybridized carbons (Fsp3) is 0.190. The Hall–Kier alpha value is -3.22. The lowest BCUT2D eigenvalue weighted by Gasteiger charge is -2.10. The molecule has 144 valence electrons. The first-order chi connectivity index (χ1) is 13.4. The van der Waals surface area contributed by atoms with Gasteiger partial charge in [0.05, 0.1) is 5.52 Å². The fourth-order valence-corrected chi connectivity index (χ4v) is 3.28. The van der Waals surface area contributed by atoms with Crippen LogP contribution in [0.25, 0.3) is 22.0 Å². The number of hydrogen-bond donors (Lipinski definition) is 1. The molecule has 0 fully saturated rings. The second-order valence-corrected chi connectivity index (χ2v) is 6.58. The lowest BCUT2D eigenvalue weighted by atomic mass is 10.0. The zero-order valence-corrected chi connectivity index (χ0v) is 15.1. The number of aromatic amines is 1. The first-order valence-corrected chi connectivity index (χ1v) is 8.84. The van der Waals surface area contributed by atoms with Gasteiger partial charge in [-0.3, -0.25) is 4.68 Å². The average Bonchev–Trinajstić information content (AvgIpc) is 3.24. The third-order valence-electron chi connectivity index (χ3n) is 4.63. The molecule has 0 radical (unpaired) electrons. The number of aryl methyl sites for hydroxylation is 3. The number of alkyl halides is 3. The van der Waals surface area contributed by atoms with E-state index in [2.05, 4.69) is 20.9 Å². The van der Waals surface area contributed by atoms with E-state index in [1.165, 1.54) is 12.1 Å². The van der Waals surface area contributed by atoms with Crippen LogP contribution in [0.5, 0.6) is 5.75 Å². The van der Waals surface area contributed by atoms with E-state index >= 15 is 0 Å². The van der Waals surface area contributed by atoms with Crippen LogP contribution in [0.3, 0.4) is 0 Å². The van der Waals surface area contributed by atoms with Crippen LogP contribution in [0.2, 0.25) is 0 Å². The van der Waals surface area contributed by atoms with E-state index in [1.807, 2.05) is 35.9 Å². The Morgan fingerprint density at radius 1 is 1.07 bits per heavy atom. The number of halogens is 3. The number of aromatic nitrogens is 3. The van der Waals surface area contributed by atoms with Gasteiger partial charge >= 0.3 is 6.36 Å². The Morgan fingerprint density at radius 3 is 2.54 bits per heavy atom. The predicted octanol–water partition coefficient (Wildman–Crippen LogP) is 5.48. The Bertz CT molecular complexity index is 1090. The molecule has 0 aliphatic rings. The summed E-state index contributed by atoms with van der Waals surface area (Å²) in [6.45, 7) is 2.78. The standard InChI is InChI=1S/C21H18F3N3O/c1-14-9-11-25-27(14)12-10-17-13-16-3-2-4-19(20(16)26-17)15-5-7-18(8-6-15)28-21(22,23)24/h2-9,11,13,26H,10,12H2,1H3. The summed E-state index contributed by atoms with van der Waals surface area (Å²) in [4.78, 5) is 3.45. The molecule has 0 spiro atoms. The molecule has 0 saturated heterocycles. The van der Waals surface area contributed by atoms with Crippen molar-refractivity contribution in [3.63, 3.8) is 0 Å². The van der Waals surface area contributed by atoms with E-state index in [4.69, 9.17) is 0 Å². The third-order valence-corrected chi connectivity index (χ3v) is 4.63. The highest BCUT2D eigenvalue weighted by atomic mass is 19.4. The molecule has 4 rings (SSSR count). The molecule has 28 heavy (non-hydrogen) atoms. The second kappa shape index (κ2) is 7.07. The van der Waals surface area contributed by atoms with Gasteiger partial charge in [0.1, 0.15) is 5.75 Å². The zero-order chi connectivity index (χ0) is 19.7. The Morgan fingerprint density at radius 2 is 1.86 bits per heavy atom. The van der Waals surface area contributed by atoms with Crippen LogP contribution in [0.1, 0.15) is 11.4 Å². The van der Waals surface area contributed by atoms with Gasteiger partial charge in [-0.25, -0.2) is 0 Å². The number of rotatable bonds is 5. The van der Waals surface area contributed by atoms with Gasteiger partial charge in [0.25, 0.3) is 0 Å². The van der Waals surface area contributed by atoms with E-state index in [0.717, 1.165) is 46.4 Å². The van der Waals surface area contributed by atoms with Gasteiger partial charge in [-0.05, 0) is 36.8 Å². The van der Waals surface area contributed by atoms with E-state index in [-0.39, 0.29) is 5.75 Å². The minimum absolute atomic E-state index is 0.231. The maximum absolute atomic E-state index is 12.3. The molecule has 0 unspecified atom stereocenters. The molecule has 0 atom stereocenters. The number of nitrogens with one attached hydrogen (secondary N) is 1. The number of H-pyrrole nitrogens is 1. The minimum Gasteiger partial charge on any atom is -0.406 e. The third kappa shape index (κ3) is 3.88. The van der Waals surface area contributed by atoms with Gasteiger partial charge in [0.15, 0.2) is 0 Å². The number of hydrogen-bond acceptors (Lipinski definition) is 2. The maximum atomic E-state index is 12.3. The summed E-state index contributed by atoms with van der Waals surface area (Å²) in [6, 6.07) is 15.9. The van der Waals surface area contributed by atoms with Crippen LogP contribution in [0.15, 0.2) is 60.8 Å². The van der Waals surface area contributed by atoms with Crippen molar-refractivity contribution in [3.8, 4) is 16.9 Å². The van der Waals surface area contributed by atoms with Crippen molar-refractivity contribution >= 4 is 10.9 Å². The molecular formula is C21H18F3N3O. The van der Waals surface area contributed by atoms with Gasteiger partial charge in [-0.1, -0.05) is 30.3 Å². The molecule has 2 aromatic heterocycles. The maximum Gasteiger partial charge on any atom is 0.573 e. The minimum atomic E-state index is -4.69. The number of benzene rings is 2. The van der Waals surface area contributed by atoms with E-state index < -0.39 is 6.36 Å². The zero-order valence-electron chi connectivity index (χ0n) is 15.1. The lowest BCUT2D eigenvalue weighted by Crippen LogP contribution is -2.16. The number of ether oxygens (including phenoxy) is 1. The van der Waals surface area contributed by atoms with Crippen molar-refractivity contribution < 1.29 is 17.9 Å². The van der Waals surface area contributed by atoms with Crippen LogP contribution in [-0.2, 0) is 13.0 Å². The average molecular weight is 385 g/mol. The van der Waals surface area contributed by atoms with Crippen LogP contribution in [-0.4, -0.2) is 21.1 Å². The van der Waals surface area contributed by atoms with Gasteiger partial charge < -0.3 is 9.72 Å². The second-order valence-electron chi connectivity index (χ2n) is 6.58. The Kier molecular flexibility index (Phi) is 4.58. The summed E-state index contributed by atoms with van der Waals surface area (Å²) in [5, 5.41) is 5.35. The van der Waals surface area contributed by atoms with Crippen molar-refractivity contribution in [1.82, 2.24) is 14.8 Å². The molecule has 2 aromatic carbocycles. The molecule has 0 amide bonds. The summed E-state index contributed by atoms with van der Waals surface area (Å²) >= 11 is 0. The highest BCUT2D eigenvalue weighted by molar-refractivity contribution is 5.94. The van der Waals surface area contributed by atoms with Crippen LogP contribution >= 0.6 is 0 Å². The van der Waals surface area contributed by atoms with Crippen LogP contribution in [0, 0.1) is 6.92 Å². The van der Waals surface area contributed by atoms with E-state index in [1.54, 1.807) is 18.3 Å². The number of nitrogens with zero attached hydrogens (tertiary/aromatic N) is 2. The lowest BCUT2D eigenvalue weighted by molar-refractivity contribution is -0.274. The first kappa shape index (κ1) is 18.2. The molecular weight excluding hydrogens is 367 g/mol. The predicted molar refractivity (Wildman–Crippen MR) is 101 cm³/mol. The molecule has 4 aromatic rings. The summed E-state index contributed by atoms with van der Waals surface area (Å²) in [7, 11) is 0. The summed E-state index contributed by atoms with van der Waals surface area (Å²) < 4.78 is 42.9. The van der Waals surface area contributed by atoms with Crippen molar-refractivity contribution in [2.75, 3.05) is 0 Å². The Labute approximate surface area is 159 Å². The van der Waals surface area contributed by atoms with Crippen molar-refractivity contribution in [2.45, 2.75) is 26.3 Å². The summed E-state index contributed by atoms with van der Waals surface area (Å²) in [5.41, 5.74) is 4.89.